The molecule has 2 saturated heterocycles. The molecule has 2 fully saturated rings. The third-order valence-corrected chi connectivity index (χ3v) is 4.82. The van der Waals surface area contributed by atoms with Crippen molar-refractivity contribution in [2.45, 2.75) is 13.0 Å². The molecule has 0 radical (unpaired) electrons. The Labute approximate surface area is 162 Å². The minimum atomic E-state index is -1.13. The maximum Gasteiger partial charge on any atom is 0.331 e. The second-order valence-corrected chi connectivity index (χ2v) is 6.84. The number of aliphatic imine (C=N–C) groups is 1. The molecule has 0 aliphatic carbocycles. The Bertz CT molecular complexity index is 747. The monoisotopic (exact) mass is 391 g/mol. The lowest BCUT2D eigenvalue weighted by atomic mass is 10.1. The van der Waals surface area contributed by atoms with Crippen LogP contribution in [0.4, 0.5) is 9.18 Å². The third-order valence-electron chi connectivity index (χ3n) is 4.82. The highest BCUT2D eigenvalue weighted by Crippen LogP contribution is 2.14. The van der Waals surface area contributed by atoms with Crippen molar-refractivity contribution in [2.75, 3.05) is 39.4 Å². The number of imide groups is 2. The van der Waals surface area contributed by atoms with Gasteiger partial charge in [-0.05, 0) is 17.7 Å². The summed E-state index contributed by atoms with van der Waals surface area (Å²) < 4.78 is 18.3. The average molecular weight is 391 g/mol. The van der Waals surface area contributed by atoms with Crippen LogP contribution in [0, 0.1) is 11.7 Å². The SMILES string of the molecule is O=C1NC(=O)N(Cc2ccc(F)cc2)C(=O)[C@@H]1C=NCCC[NH+]1CCOCC1. The van der Waals surface area contributed by atoms with Crippen molar-refractivity contribution in [1.29, 1.82) is 0 Å². The van der Waals surface area contributed by atoms with E-state index in [2.05, 4.69) is 10.3 Å². The normalized spacial score (nSPS) is 21.4. The standard InChI is InChI=1S/C19H23FN4O4/c20-15-4-2-14(3-5-15)13-24-18(26)16(17(25)22-19(24)27)12-21-6-1-7-23-8-10-28-11-9-23/h2-5,12,16H,1,6-11,13H2,(H,22,25,27)/p+1/t16-/m1/s1. The van der Waals surface area contributed by atoms with Crippen molar-refractivity contribution in [3.8, 4) is 0 Å². The van der Waals surface area contributed by atoms with E-state index >= 15 is 0 Å². The maximum atomic E-state index is 13.0. The van der Waals surface area contributed by atoms with Crippen molar-refractivity contribution < 1.29 is 28.4 Å². The number of hydrogen-bond donors (Lipinski definition) is 2. The Morgan fingerprint density at radius 1 is 1.21 bits per heavy atom. The lowest BCUT2D eigenvalue weighted by Crippen LogP contribution is -3.14. The summed E-state index contributed by atoms with van der Waals surface area (Å²) in [6.07, 6.45) is 2.16. The number of ether oxygens (including phenoxy) is 1. The number of barbiturate groups is 1. The Kier molecular flexibility index (Phi) is 6.83. The Hall–Kier alpha value is -2.65. The first-order chi connectivity index (χ1) is 13.5. The van der Waals surface area contributed by atoms with E-state index in [9.17, 15) is 18.8 Å². The zero-order valence-corrected chi connectivity index (χ0v) is 15.5. The number of halogens is 1. The molecule has 0 saturated carbocycles. The minimum absolute atomic E-state index is 0.0387. The van der Waals surface area contributed by atoms with Crippen molar-refractivity contribution in [1.82, 2.24) is 10.2 Å². The number of urea groups is 1. The number of benzene rings is 1. The smallest absolute Gasteiger partial charge is 0.331 e. The van der Waals surface area contributed by atoms with Crippen LogP contribution < -0.4 is 10.2 Å². The summed E-state index contributed by atoms with van der Waals surface area (Å²) in [7, 11) is 0. The number of rotatable bonds is 7. The molecule has 2 aliphatic heterocycles. The van der Waals surface area contributed by atoms with Gasteiger partial charge >= 0.3 is 6.03 Å². The van der Waals surface area contributed by atoms with Crippen LogP contribution in [0.5, 0.6) is 0 Å². The van der Waals surface area contributed by atoms with Crippen molar-refractivity contribution in [3.05, 3.63) is 35.6 Å². The van der Waals surface area contributed by atoms with Gasteiger partial charge in [-0.15, -0.1) is 0 Å². The van der Waals surface area contributed by atoms with Gasteiger partial charge in [0.2, 0.25) is 11.8 Å². The molecule has 2 N–H and O–H groups in total. The van der Waals surface area contributed by atoms with E-state index in [0.29, 0.717) is 12.1 Å². The van der Waals surface area contributed by atoms with Crippen molar-refractivity contribution >= 4 is 24.1 Å². The predicted molar refractivity (Wildman–Crippen MR) is 98.3 cm³/mol. The summed E-state index contributed by atoms with van der Waals surface area (Å²) in [6.45, 7) is 4.93. The predicted octanol–water partition coefficient (Wildman–Crippen LogP) is -0.604. The highest BCUT2D eigenvalue weighted by Gasteiger charge is 2.39. The summed E-state index contributed by atoms with van der Waals surface area (Å²) in [5, 5.41) is 2.18. The van der Waals surface area contributed by atoms with Crippen molar-refractivity contribution in [3.63, 3.8) is 0 Å². The molecular formula is C19H24FN4O4+. The fourth-order valence-electron chi connectivity index (χ4n) is 3.19. The molecule has 0 unspecified atom stereocenters. The Morgan fingerprint density at radius 2 is 1.93 bits per heavy atom. The van der Waals surface area contributed by atoms with Gasteiger partial charge in [0.15, 0.2) is 5.92 Å². The second-order valence-electron chi connectivity index (χ2n) is 6.84. The lowest BCUT2D eigenvalue weighted by molar-refractivity contribution is -0.908. The molecule has 0 spiro atoms. The van der Waals surface area contributed by atoms with Crippen LogP contribution in [0.2, 0.25) is 0 Å². The zero-order chi connectivity index (χ0) is 19.9. The van der Waals surface area contributed by atoms with Crippen molar-refractivity contribution in [2.24, 2.45) is 10.9 Å². The molecule has 0 bridgehead atoms. The zero-order valence-electron chi connectivity index (χ0n) is 15.5. The summed E-state index contributed by atoms with van der Waals surface area (Å²) in [4.78, 5) is 43.3. The van der Waals surface area contributed by atoms with Crippen LogP contribution in [0.15, 0.2) is 29.3 Å². The number of carbonyl (C=O) groups excluding carboxylic acids is 3. The molecule has 0 aromatic heterocycles. The molecule has 150 valence electrons. The molecule has 9 heteroatoms. The Morgan fingerprint density at radius 3 is 2.64 bits per heavy atom. The minimum Gasteiger partial charge on any atom is -0.370 e. The maximum absolute atomic E-state index is 13.0. The van der Waals surface area contributed by atoms with Crippen LogP contribution in [0.1, 0.15) is 12.0 Å². The first-order valence-electron chi connectivity index (χ1n) is 9.36. The number of morpholine rings is 1. The lowest BCUT2D eigenvalue weighted by Gasteiger charge is -2.28. The van der Waals surface area contributed by atoms with Crippen LogP contribution in [-0.2, 0) is 20.9 Å². The van der Waals surface area contributed by atoms with Gasteiger partial charge < -0.3 is 9.64 Å². The van der Waals surface area contributed by atoms with E-state index < -0.39 is 29.6 Å². The molecular weight excluding hydrogens is 367 g/mol. The van der Waals surface area contributed by atoms with E-state index in [-0.39, 0.29) is 6.54 Å². The molecule has 2 heterocycles. The number of nitrogens with zero attached hydrogens (tertiary/aromatic N) is 2. The van der Waals surface area contributed by atoms with E-state index in [4.69, 9.17) is 4.74 Å². The fraction of sp³-hybridized carbons (Fsp3) is 0.474. The van der Waals surface area contributed by atoms with Crippen LogP contribution in [-0.4, -0.2) is 68.4 Å². The molecule has 8 nitrogen and oxygen atoms in total. The third kappa shape index (κ3) is 5.20. The highest BCUT2D eigenvalue weighted by atomic mass is 19.1. The molecule has 1 aromatic rings. The summed E-state index contributed by atoms with van der Waals surface area (Å²) in [5.41, 5.74) is 0.587. The van der Waals surface area contributed by atoms with E-state index in [1.165, 1.54) is 35.4 Å². The van der Waals surface area contributed by atoms with Gasteiger partial charge in [0.05, 0.1) is 26.3 Å². The first-order valence-corrected chi connectivity index (χ1v) is 9.36. The number of nitrogens with one attached hydrogen (secondary N) is 2. The summed E-state index contributed by atoms with van der Waals surface area (Å²) in [5.74, 6) is -2.83. The first kappa shape index (κ1) is 20.1. The van der Waals surface area contributed by atoms with Crippen LogP contribution in [0.3, 0.4) is 0 Å². The molecule has 2 aliphatic rings. The Balaban J connectivity index is 1.54. The summed E-state index contributed by atoms with van der Waals surface area (Å²) >= 11 is 0. The molecule has 28 heavy (non-hydrogen) atoms. The van der Waals surface area contributed by atoms with E-state index in [1.54, 1.807) is 0 Å². The molecule has 3 rings (SSSR count). The molecule has 1 atom stereocenters. The quantitative estimate of drug-likeness (QED) is 0.369. The van der Waals surface area contributed by atoms with Gasteiger partial charge in [-0.1, -0.05) is 12.1 Å². The number of quaternary nitrogens is 1. The fourth-order valence-corrected chi connectivity index (χ4v) is 3.19. The van der Waals surface area contributed by atoms with Gasteiger partial charge in [-0.25, -0.2) is 9.18 Å². The van der Waals surface area contributed by atoms with E-state index in [0.717, 1.165) is 44.2 Å². The topological polar surface area (TPSA) is 92.5 Å². The molecule has 1 aromatic carbocycles. The van der Waals surface area contributed by atoms with Gasteiger partial charge in [0.1, 0.15) is 18.9 Å². The molecule has 4 amide bonds. The second kappa shape index (κ2) is 9.52. The van der Waals surface area contributed by atoms with E-state index in [1.807, 2.05) is 0 Å². The van der Waals surface area contributed by atoms with Gasteiger partial charge in [0, 0.05) is 19.2 Å². The highest BCUT2D eigenvalue weighted by molar-refractivity contribution is 6.23. The summed E-state index contributed by atoms with van der Waals surface area (Å²) in [6, 6.07) is 4.71. The number of hydrogen-bond acceptors (Lipinski definition) is 5. The van der Waals surface area contributed by atoms with Crippen LogP contribution >= 0.6 is 0 Å². The van der Waals surface area contributed by atoms with Gasteiger partial charge in [-0.2, -0.15) is 0 Å². The number of amides is 4. The van der Waals surface area contributed by atoms with Crippen LogP contribution in [0.25, 0.3) is 0 Å². The largest absolute Gasteiger partial charge is 0.370 e. The van der Waals surface area contributed by atoms with Gasteiger partial charge in [0.25, 0.3) is 0 Å². The average Bonchev–Trinajstić information content (AvgIpc) is 2.69. The van der Waals surface area contributed by atoms with Gasteiger partial charge in [-0.3, -0.25) is 24.8 Å². The number of carbonyl (C=O) groups is 3.